The molecule has 0 bridgehead atoms. The number of furan rings is 1. The van der Waals surface area contributed by atoms with Crippen LogP contribution < -0.4 is 5.32 Å². The van der Waals surface area contributed by atoms with E-state index in [9.17, 15) is 4.79 Å². The standard InChI is InChI=1S/C17H27N5O3/c1-18-17(19-12-14-13-20(2)9-11-24-14)22-7-5-21(6-8-22)16(23)15-4-3-10-25-15/h3-4,10,14H,5-9,11-13H2,1-2H3,(H,18,19). The maximum Gasteiger partial charge on any atom is 0.289 e. The van der Waals surface area contributed by atoms with E-state index in [4.69, 9.17) is 9.15 Å². The number of nitrogens with zero attached hydrogens (tertiary/aromatic N) is 4. The summed E-state index contributed by atoms with van der Waals surface area (Å²) in [7, 11) is 3.90. The normalized spacial score (nSPS) is 23.0. The van der Waals surface area contributed by atoms with Crippen molar-refractivity contribution in [2.75, 3.05) is 66.5 Å². The lowest BCUT2D eigenvalue weighted by molar-refractivity contribution is -0.0164. The fraction of sp³-hybridized carbons (Fsp3) is 0.647. The van der Waals surface area contributed by atoms with Gasteiger partial charge in [0.15, 0.2) is 11.7 Å². The van der Waals surface area contributed by atoms with Crippen molar-refractivity contribution in [2.24, 2.45) is 4.99 Å². The molecule has 25 heavy (non-hydrogen) atoms. The minimum Gasteiger partial charge on any atom is -0.459 e. The summed E-state index contributed by atoms with van der Waals surface area (Å²) in [6.07, 6.45) is 1.71. The van der Waals surface area contributed by atoms with Gasteiger partial charge in [-0.2, -0.15) is 0 Å². The fourth-order valence-corrected chi connectivity index (χ4v) is 3.21. The number of morpholine rings is 1. The lowest BCUT2D eigenvalue weighted by atomic mass is 10.2. The number of aliphatic imine (C=N–C) groups is 1. The van der Waals surface area contributed by atoms with Crippen LogP contribution in [0, 0.1) is 0 Å². The van der Waals surface area contributed by atoms with E-state index in [1.807, 2.05) is 4.90 Å². The fourth-order valence-electron chi connectivity index (χ4n) is 3.21. The summed E-state index contributed by atoms with van der Waals surface area (Å²) < 4.78 is 11.0. The average molecular weight is 349 g/mol. The lowest BCUT2D eigenvalue weighted by Gasteiger charge is -2.37. The first-order chi connectivity index (χ1) is 12.2. The Kier molecular flexibility index (Phi) is 5.93. The van der Waals surface area contributed by atoms with Crippen LogP contribution in [0.4, 0.5) is 0 Å². The number of ether oxygens (including phenoxy) is 1. The number of amides is 1. The van der Waals surface area contributed by atoms with E-state index in [1.54, 1.807) is 19.2 Å². The van der Waals surface area contributed by atoms with Crippen LogP contribution in [0.5, 0.6) is 0 Å². The Morgan fingerprint density at radius 1 is 1.28 bits per heavy atom. The van der Waals surface area contributed by atoms with Gasteiger partial charge in [0, 0.05) is 52.9 Å². The van der Waals surface area contributed by atoms with Crippen molar-refractivity contribution in [3.05, 3.63) is 24.2 Å². The molecule has 1 N–H and O–H groups in total. The number of guanidine groups is 1. The SMILES string of the molecule is CN=C(NCC1CN(C)CCO1)N1CCN(C(=O)c2ccco2)CC1. The van der Waals surface area contributed by atoms with Gasteiger partial charge in [0.25, 0.3) is 5.91 Å². The summed E-state index contributed by atoms with van der Waals surface area (Å²) in [5.41, 5.74) is 0. The van der Waals surface area contributed by atoms with Crippen molar-refractivity contribution in [2.45, 2.75) is 6.10 Å². The molecule has 1 atom stereocenters. The van der Waals surface area contributed by atoms with E-state index in [2.05, 4.69) is 27.2 Å². The summed E-state index contributed by atoms with van der Waals surface area (Å²) in [6.45, 7) is 6.23. The van der Waals surface area contributed by atoms with E-state index in [0.717, 1.165) is 45.3 Å². The number of piperazine rings is 1. The Morgan fingerprint density at radius 2 is 2.04 bits per heavy atom. The monoisotopic (exact) mass is 349 g/mol. The summed E-state index contributed by atoms with van der Waals surface area (Å²) >= 11 is 0. The second-order valence-corrected chi connectivity index (χ2v) is 6.44. The van der Waals surface area contributed by atoms with Crippen LogP contribution in [0.3, 0.4) is 0 Å². The molecule has 2 fully saturated rings. The van der Waals surface area contributed by atoms with Crippen molar-refractivity contribution in [1.82, 2.24) is 20.0 Å². The third-order valence-electron chi connectivity index (χ3n) is 4.64. The second-order valence-electron chi connectivity index (χ2n) is 6.44. The second kappa shape index (κ2) is 8.35. The van der Waals surface area contributed by atoms with Gasteiger partial charge in [-0.05, 0) is 19.2 Å². The first kappa shape index (κ1) is 17.8. The van der Waals surface area contributed by atoms with Gasteiger partial charge in [-0.3, -0.25) is 9.79 Å². The minimum atomic E-state index is -0.0498. The molecule has 3 heterocycles. The summed E-state index contributed by atoms with van der Waals surface area (Å²) in [5, 5.41) is 3.40. The highest BCUT2D eigenvalue weighted by molar-refractivity contribution is 5.91. The van der Waals surface area contributed by atoms with E-state index in [-0.39, 0.29) is 12.0 Å². The van der Waals surface area contributed by atoms with Crippen molar-refractivity contribution in [1.29, 1.82) is 0 Å². The van der Waals surface area contributed by atoms with Crippen molar-refractivity contribution in [3.8, 4) is 0 Å². The minimum absolute atomic E-state index is 0.0498. The average Bonchev–Trinajstić information content (AvgIpc) is 3.17. The smallest absolute Gasteiger partial charge is 0.289 e. The Labute approximate surface area is 148 Å². The first-order valence-corrected chi connectivity index (χ1v) is 8.76. The third kappa shape index (κ3) is 4.52. The van der Waals surface area contributed by atoms with Crippen molar-refractivity contribution >= 4 is 11.9 Å². The van der Waals surface area contributed by atoms with Gasteiger partial charge >= 0.3 is 0 Å². The highest BCUT2D eigenvalue weighted by atomic mass is 16.5. The highest BCUT2D eigenvalue weighted by Crippen LogP contribution is 2.10. The first-order valence-electron chi connectivity index (χ1n) is 8.76. The van der Waals surface area contributed by atoms with Gasteiger partial charge in [0.05, 0.1) is 19.0 Å². The molecule has 138 valence electrons. The quantitative estimate of drug-likeness (QED) is 0.609. The number of carbonyl (C=O) groups excluding carboxylic acids is 1. The molecule has 1 amide bonds. The number of carbonyl (C=O) groups is 1. The topological polar surface area (TPSA) is 73.6 Å². The Hall–Kier alpha value is -2.06. The highest BCUT2D eigenvalue weighted by Gasteiger charge is 2.26. The molecule has 0 radical (unpaired) electrons. The van der Waals surface area contributed by atoms with Crippen LogP contribution in [0.1, 0.15) is 10.6 Å². The Morgan fingerprint density at radius 3 is 2.68 bits per heavy atom. The molecule has 8 nitrogen and oxygen atoms in total. The zero-order valence-corrected chi connectivity index (χ0v) is 15.0. The van der Waals surface area contributed by atoms with Gasteiger partial charge in [0.1, 0.15) is 0 Å². The molecule has 1 aromatic rings. The van der Waals surface area contributed by atoms with E-state index >= 15 is 0 Å². The molecular weight excluding hydrogens is 322 g/mol. The summed E-state index contributed by atoms with van der Waals surface area (Å²) in [6, 6.07) is 3.44. The Balaban J connectivity index is 1.46. The zero-order chi connectivity index (χ0) is 17.6. The molecule has 0 aliphatic carbocycles. The maximum atomic E-state index is 12.3. The molecule has 2 aliphatic heterocycles. The molecule has 2 saturated heterocycles. The van der Waals surface area contributed by atoms with Crippen LogP contribution in [0.15, 0.2) is 27.8 Å². The number of nitrogens with one attached hydrogen (secondary N) is 1. The molecule has 1 unspecified atom stereocenters. The maximum absolute atomic E-state index is 12.3. The van der Waals surface area contributed by atoms with E-state index in [1.165, 1.54) is 6.26 Å². The molecule has 2 aliphatic rings. The number of hydrogen-bond acceptors (Lipinski definition) is 5. The predicted molar refractivity (Wildman–Crippen MR) is 94.8 cm³/mol. The van der Waals surface area contributed by atoms with Crippen LogP contribution in [-0.2, 0) is 4.74 Å². The van der Waals surface area contributed by atoms with Gasteiger partial charge < -0.3 is 29.2 Å². The van der Waals surface area contributed by atoms with Crippen LogP contribution in [-0.4, -0.2) is 99.2 Å². The molecule has 0 aromatic carbocycles. The summed E-state index contributed by atoms with van der Waals surface area (Å²) in [5.74, 6) is 1.21. The van der Waals surface area contributed by atoms with Gasteiger partial charge in [-0.15, -0.1) is 0 Å². The van der Waals surface area contributed by atoms with Gasteiger partial charge in [-0.1, -0.05) is 0 Å². The lowest BCUT2D eigenvalue weighted by Crippen LogP contribution is -2.55. The number of hydrogen-bond donors (Lipinski definition) is 1. The van der Waals surface area contributed by atoms with Gasteiger partial charge in [0.2, 0.25) is 0 Å². The molecule has 3 rings (SSSR count). The molecule has 8 heteroatoms. The van der Waals surface area contributed by atoms with Crippen LogP contribution >= 0.6 is 0 Å². The predicted octanol–water partition coefficient (Wildman–Crippen LogP) is -0.0566. The molecule has 1 aromatic heterocycles. The zero-order valence-electron chi connectivity index (χ0n) is 15.0. The van der Waals surface area contributed by atoms with Crippen molar-refractivity contribution < 1.29 is 13.9 Å². The largest absolute Gasteiger partial charge is 0.459 e. The van der Waals surface area contributed by atoms with Gasteiger partial charge in [-0.25, -0.2) is 0 Å². The number of rotatable bonds is 3. The van der Waals surface area contributed by atoms with Crippen LogP contribution in [0.25, 0.3) is 0 Å². The molecule has 0 spiro atoms. The molecular formula is C17H27N5O3. The van der Waals surface area contributed by atoms with E-state index < -0.39 is 0 Å². The third-order valence-corrected chi connectivity index (χ3v) is 4.64. The Bertz CT molecular complexity index is 581. The molecule has 0 saturated carbocycles. The van der Waals surface area contributed by atoms with Crippen molar-refractivity contribution in [3.63, 3.8) is 0 Å². The van der Waals surface area contributed by atoms with E-state index in [0.29, 0.717) is 18.8 Å². The number of likely N-dealkylation sites (N-methyl/N-ethyl adjacent to an activating group) is 1. The summed E-state index contributed by atoms with van der Waals surface area (Å²) in [4.78, 5) is 23.0. The van der Waals surface area contributed by atoms with Crippen LogP contribution in [0.2, 0.25) is 0 Å².